The van der Waals surface area contributed by atoms with Gasteiger partial charge in [0, 0.05) is 0 Å². The summed E-state index contributed by atoms with van der Waals surface area (Å²) < 4.78 is 0. The van der Waals surface area contributed by atoms with E-state index in [2.05, 4.69) is 16.1 Å². The van der Waals surface area contributed by atoms with E-state index in [1.165, 1.54) is 0 Å². The first-order valence-corrected chi connectivity index (χ1v) is 1.51. The molecule has 0 aromatic rings. The molecule has 1 atom stereocenters. The molecule has 1 heterocycles. The number of carbonyl (C=O) groups is 1. The summed E-state index contributed by atoms with van der Waals surface area (Å²) >= 11 is 0. The fourth-order valence-corrected chi connectivity index (χ4v) is 0.150. The van der Waals surface area contributed by atoms with E-state index in [1.807, 2.05) is 0 Å². The van der Waals surface area contributed by atoms with Crippen LogP contribution in [0, 0.1) is 0 Å². The van der Waals surface area contributed by atoms with E-state index in [1.54, 1.807) is 0 Å². The monoisotopic (exact) mass is 124 g/mol. The Morgan fingerprint density at radius 2 is 2.29 bits per heavy atom. The van der Waals surface area contributed by atoms with Gasteiger partial charge in [0.15, 0.2) is 0 Å². The third-order valence-electron chi connectivity index (χ3n) is 0.494. The Kier molecular flexibility index (Phi) is 2.01. The van der Waals surface area contributed by atoms with Crippen LogP contribution in [-0.2, 0) is 9.63 Å². The normalized spacial score (nSPS) is 25.4. The zero-order valence-corrected chi connectivity index (χ0v) is 4.20. The van der Waals surface area contributed by atoms with Crippen LogP contribution in [0.2, 0.25) is 0 Å². The molecule has 1 saturated heterocycles. The van der Waals surface area contributed by atoms with Crippen molar-refractivity contribution < 1.29 is 9.63 Å². The Labute approximate surface area is 46.4 Å². The van der Waals surface area contributed by atoms with Crippen LogP contribution in [0.5, 0.6) is 0 Å². The van der Waals surface area contributed by atoms with E-state index in [-0.39, 0.29) is 12.4 Å². The smallest absolute Gasteiger partial charge is 0.265 e. The van der Waals surface area contributed by atoms with Crippen LogP contribution in [0.3, 0.4) is 0 Å². The summed E-state index contributed by atoms with van der Waals surface area (Å²) in [5, 5.41) is 0. The first kappa shape index (κ1) is 6.68. The molecule has 0 bridgehead atoms. The van der Waals surface area contributed by atoms with Gasteiger partial charge in [-0.3, -0.25) is 9.63 Å². The van der Waals surface area contributed by atoms with Gasteiger partial charge in [-0.1, -0.05) is 0 Å². The second-order valence-corrected chi connectivity index (χ2v) is 1.02. The molecule has 1 aliphatic rings. The fourth-order valence-electron chi connectivity index (χ4n) is 0.150. The van der Waals surface area contributed by atoms with Crippen molar-refractivity contribution in [3.05, 3.63) is 0 Å². The van der Waals surface area contributed by atoms with Gasteiger partial charge in [-0.15, -0.1) is 12.4 Å². The maximum Gasteiger partial charge on any atom is 0.265 e. The molecule has 0 spiro atoms. The second kappa shape index (κ2) is 2.11. The first-order valence-electron chi connectivity index (χ1n) is 1.51. The predicted molar refractivity (Wildman–Crippen MR) is 24.5 cm³/mol. The van der Waals surface area contributed by atoms with Crippen molar-refractivity contribution in [2.45, 2.75) is 6.23 Å². The molecule has 1 aliphatic heterocycles. The maximum absolute atomic E-state index is 9.80. The lowest BCUT2D eigenvalue weighted by molar-refractivity contribution is -0.119. The molecule has 0 aromatic carbocycles. The highest BCUT2D eigenvalue weighted by atomic mass is 35.5. The minimum atomic E-state index is -0.509. The summed E-state index contributed by atoms with van der Waals surface area (Å²) in [7, 11) is 0. The van der Waals surface area contributed by atoms with E-state index in [9.17, 15) is 4.79 Å². The Hall–Kier alpha value is -0.320. The lowest BCUT2D eigenvalue weighted by Gasteiger charge is -1.71. The van der Waals surface area contributed by atoms with Crippen molar-refractivity contribution in [3.8, 4) is 0 Å². The summed E-state index contributed by atoms with van der Waals surface area (Å²) in [6.45, 7) is 0. The molecule has 42 valence electrons. The van der Waals surface area contributed by atoms with Gasteiger partial charge in [-0.05, 0) is 0 Å². The number of rotatable bonds is 1. The van der Waals surface area contributed by atoms with Gasteiger partial charge in [0.1, 0.15) is 0 Å². The molecule has 4 nitrogen and oxygen atoms in total. The zero-order valence-electron chi connectivity index (χ0n) is 3.38. The molecule has 0 radical (unpaired) electrons. The number of nitrogens with two attached hydrogens (primary N) is 1. The summed E-state index contributed by atoms with van der Waals surface area (Å²) in [6.07, 6.45) is -0.509. The molecule has 0 aliphatic carbocycles. The lowest BCUT2D eigenvalue weighted by atomic mass is 10.6. The standard InChI is InChI=1S/C2H4N2O2.ClH/c3-1(5)2-4-6-2;/h2,4H,(H2,3,5);1H. The first-order chi connectivity index (χ1) is 2.80. The molecular weight excluding hydrogens is 119 g/mol. The Morgan fingerprint density at radius 1 is 1.86 bits per heavy atom. The van der Waals surface area contributed by atoms with Crippen LogP contribution in [0.4, 0.5) is 0 Å². The van der Waals surface area contributed by atoms with E-state index < -0.39 is 12.1 Å². The molecule has 1 amide bonds. The molecule has 1 rings (SSSR count). The highest BCUT2D eigenvalue weighted by molar-refractivity contribution is 5.85. The van der Waals surface area contributed by atoms with Gasteiger partial charge in [0.05, 0.1) is 0 Å². The van der Waals surface area contributed by atoms with Gasteiger partial charge in [0.25, 0.3) is 5.91 Å². The highest BCUT2D eigenvalue weighted by Gasteiger charge is 2.27. The summed E-state index contributed by atoms with van der Waals surface area (Å²) in [5.41, 5.74) is 6.93. The van der Waals surface area contributed by atoms with Crippen molar-refractivity contribution in [2.75, 3.05) is 0 Å². The van der Waals surface area contributed by atoms with Crippen LogP contribution < -0.4 is 11.2 Å². The van der Waals surface area contributed by atoms with Crippen molar-refractivity contribution in [3.63, 3.8) is 0 Å². The number of amides is 1. The van der Waals surface area contributed by atoms with Gasteiger partial charge >= 0.3 is 0 Å². The quantitative estimate of drug-likeness (QED) is 0.429. The van der Waals surface area contributed by atoms with Crippen molar-refractivity contribution in [1.29, 1.82) is 0 Å². The minimum Gasteiger partial charge on any atom is -0.366 e. The molecule has 5 heteroatoms. The van der Waals surface area contributed by atoms with Crippen molar-refractivity contribution >= 4 is 18.3 Å². The predicted octanol–water partition coefficient (Wildman–Crippen LogP) is -1.25. The summed E-state index contributed by atoms with van der Waals surface area (Å²) in [4.78, 5) is 14.0. The van der Waals surface area contributed by atoms with Crippen LogP contribution >= 0.6 is 12.4 Å². The average molecular weight is 125 g/mol. The van der Waals surface area contributed by atoms with E-state index in [0.717, 1.165) is 0 Å². The third-order valence-corrected chi connectivity index (χ3v) is 0.494. The number of hydroxylamine groups is 1. The molecule has 0 saturated carbocycles. The molecule has 3 N–H and O–H groups in total. The van der Waals surface area contributed by atoms with Crippen LogP contribution in [-0.4, -0.2) is 12.1 Å². The summed E-state index contributed by atoms with van der Waals surface area (Å²) in [5.74, 6) is -0.463. The number of hydrogen-bond acceptors (Lipinski definition) is 3. The summed E-state index contributed by atoms with van der Waals surface area (Å²) in [6, 6.07) is 0. The van der Waals surface area contributed by atoms with Crippen molar-refractivity contribution in [1.82, 2.24) is 5.48 Å². The molecular formula is C2H5ClN2O2. The number of primary amides is 1. The molecule has 1 fully saturated rings. The number of hydrogen-bond donors (Lipinski definition) is 2. The minimum absolute atomic E-state index is 0. The molecule has 1 unspecified atom stereocenters. The van der Waals surface area contributed by atoms with E-state index >= 15 is 0 Å². The molecule has 0 aromatic heterocycles. The van der Waals surface area contributed by atoms with Gasteiger partial charge < -0.3 is 5.73 Å². The fraction of sp³-hybridized carbons (Fsp3) is 0.500. The SMILES string of the molecule is Cl.NC(=O)C1NO1. The van der Waals surface area contributed by atoms with Gasteiger partial charge in [-0.25, -0.2) is 0 Å². The topological polar surface area (TPSA) is 77.6 Å². The Morgan fingerprint density at radius 3 is 2.29 bits per heavy atom. The van der Waals surface area contributed by atoms with Gasteiger partial charge in [0.2, 0.25) is 6.23 Å². The lowest BCUT2D eigenvalue weighted by Crippen LogP contribution is -2.19. The van der Waals surface area contributed by atoms with Crippen LogP contribution in [0.25, 0.3) is 0 Å². The van der Waals surface area contributed by atoms with E-state index in [0.29, 0.717) is 0 Å². The largest absolute Gasteiger partial charge is 0.366 e. The maximum atomic E-state index is 9.80. The highest BCUT2D eigenvalue weighted by Crippen LogP contribution is 1.94. The van der Waals surface area contributed by atoms with E-state index in [4.69, 9.17) is 0 Å². The van der Waals surface area contributed by atoms with Crippen molar-refractivity contribution in [2.24, 2.45) is 5.73 Å². The van der Waals surface area contributed by atoms with Crippen LogP contribution in [0.15, 0.2) is 0 Å². The Balaban J connectivity index is 0.000000360. The number of halogens is 1. The van der Waals surface area contributed by atoms with Crippen LogP contribution in [0.1, 0.15) is 0 Å². The average Bonchev–Trinajstić information content (AvgIpc) is 2.06. The Bertz CT molecular complexity index is 81.8. The molecule has 7 heavy (non-hydrogen) atoms. The number of carbonyl (C=O) groups excluding carboxylic acids is 1. The zero-order chi connectivity index (χ0) is 4.57. The number of nitrogens with one attached hydrogen (secondary N) is 1. The third kappa shape index (κ3) is 1.72. The van der Waals surface area contributed by atoms with Gasteiger partial charge in [-0.2, -0.15) is 5.48 Å². The second-order valence-electron chi connectivity index (χ2n) is 1.02.